The Kier molecular flexibility index (Phi) is 13.8. The number of cyclic esters (lactones) is 1. The number of hydrazine groups is 1. The standard InChI is InChI=1S/C50H65F2N7O7/c1-9-58-42-13-12-32-23-37(42)39(44(58)38-24-35(26-53-43(38)30(2)63-8)57-16-15-56-17-18-64-28-36(56)27-57)25-50(6,7)29-65-47(61)40-11-10-14-59(55-40)46(60)41(54-48(62)66-49(3,4)5)21-31-19-33(32)22-34(20-31)45(51)52/h12-13,19-20,22-24,26,30,36,40-41,45,55H,9-11,14-18,21,25,27-29H2,1-8H3,(H,54,62)/t30-,36-,40-,41-/m0/s1. The number of rotatable bonds is 7. The molecule has 4 atom stereocenters. The highest BCUT2D eigenvalue weighted by atomic mass is 19.3. The number of aryl methyl sites for hydroxylation is 1. The number of alkyl carbamates (subject to hydrolysis) is 1. The number of fused-ring (bicyclic) bond motifs is 7. The van der Waals surface area contributed by atoms with Crippen molar-refractivity contribution in [3.63, 3.8) is 0 Å². The zero-order chi connectivity index (χ0) is 47.1. The smallest absolute Gasteiger partial charge is 0.408 e. The van der Waals surface area contributed by atoms with Gasteiger partial charge in [-0.05, 0) is 100 Å². The molecule has 0 aliphatic carbocycles. The Labute approximate surface area is 386 Å². The van der Waals surface area contributed by atoms with Gasteiger partial charge in [0.2, 0.25) is 0 Å². The van der Waals surface area contributed by atoms with Crippen molar-refractivity contribution < 1.29 is 42.1 Å². The average molecular weight is 914 g/mol. The predicted octanol–water partition coefficient (Wildman–Crippen LogP) is 7.61. The molecule has 8 rings (SSSR count). The van der Waals surface area contributed by atoms with Crippen molar-refractivity contribution in [2.24, 2.45) is 5.41 Å². The highest BCUT2D eigenvalue weighted by Crippen LogP contribution is 2.43. The van der Waals surface area contributed by atoms with Crippen molar-refractivity contribution in [1.29, 1.82) is 0 Å². The molecule has 16 heteroatoms. The fourth-order valence-electron chi connectivity index (χ4n) is 9.88. The van der Waals surface area contributed by atoms with Crippen LogP contribution in [0.1, 0.15) is 96.2 Å². The first-order valence-electron chi connectivity index (χ1n) is 23.3. The molecule has 14 nitrogen and oxygen atoms in total. The number of halogens is 2. The summed E-state index contributed by atoms with van der Waals surface area (Å²) in [6.07, 6.45) is -0.774. The SMILES string of the molecule is CCn1c(-c2cc(N3CCN4CCOC[C@@H]4C3)cnc2[C@H](C)OC)c2c3cc(ccc31)-c1cc(cc(C(F)F)c1)C[C@H](NC(=O)OC(C)(C)C)C(=O)N1CCC[C@H](N1)C(=O)OCC(C)(C)C2. The molecule has 4 aromatic rings. The number of methoxy groups -OCH3 is 1. The van der Waals surface area contributed by atoms with Crippen molar-refractivity contribution >= 4 is 34.6 Å². The molecule has 6 bridgehead atoms. The Hall–Kier alpha value is -5.16. The molecular formula is C50H65F2N7O7. The van der Waals surface area contributed by atoms with Crippen LogP contribution in [-0.2, 0) is 47.9 Å². The van der Waals surface area contributed by atoms with Gasteiger partial charge in [0, 0.05) is 80.2 Å². The summed E-state index contributed by atoms with van der Waals surface area (Å²) in [6.45, 7) is 19.2. The lowest BCUT2D eigenvalue weighted by Crippen LogP contribution is -2.60. The second-order valence-electron chi connectivity index (χ2n) is 19.9. The van der Waals surface area contributed by atoms with E-state index in [9.17, 15) is 23.2 Å². The number of carbonyl (C=O) groups is 3. The Morgan fingerprint density at radius 2 is 1.86 bits per heavy atom. The molecule has 0 spiro atoms. The van der Waals surface area contributed by atoms with E-state index in [1.807, 2.05) is 25.3 Å². The summed E-state index contributed by atoms with van der Waals surface area (Å²) in [6, 6.07) is 11.2. The molecule has 2 aromatic heterocycles. The van der Waals surface area contributed by atoms with E-state index in [0.717, 1.165) is 71.9 Å². The van der Waals surface area contributed by atoms with Gasteiger partial charge in [0.15, 0.2) is 0 Å². The van der Waals surface area contributed by atoms with Crippen LogP contribution < -0.4 is 15.6 Å². The van der Waals surface area contributed by atoms with Gasteiger partial charge in [0.1, 0.15) is 17.7 Å². The summed E-state index contributed by atoms with van der Waals surface area (Å²) in [5.74, 6) is -1.03. The number of nitrogens with one attached hydrogen (secondary N) is 2. The van der Waals surface area contributed by atoms with Crippen molar-refractivity contribution in [2.75, 3.05) is 64.6 Å². The minimum atomic E-state index is -2.81. The Morgan fingerprint density at radius 3 is 2.61 bits per heavy atom. The number of alkyl halides is 2. The van der Waals surface area contributed by atoms with E-state index in [1.54, 1.807) is 33.9 Å². The Bertz CT molecular complexity index is 2450. The van der Waals surface area contributed by atoms with Gasteiger partial charge >= 0.3 is 12.1 Å². The molecule has 4 aliphatic rings. The van der Waals surface area contributed by atoms with E-state index in [1.165, 1.54) is 17.1 Å². The summed E-state index contributed by atoms with van der Waals surface area (Å²) < 4.78 is 55.6. The number of hydrogen-bond acceptors (Lipinski definition) is 11. The monoisotopic (exact) mass is 913 g/mol. The zero-order valence-electron chi connectivity index (χ0n) is 39.5. The third kappa shape index (κ3) is 10.2. The highest BCUT2D eigenvalue weighted by Gasteiger charge is 2.37. The second-order valence-corrected chi connectivity index (χ2v) is 19.9. The van der Waals surface area contributed by atoms with E-state index >= 15 is 0 Å². The van der Waals surface area contributed by atoms with Gasteiger partial charge in [0.25, 0.3) is 12.3 Å². The minimum Gasteiger partial charge on any atom is -0.464 e. The molecule has 3 fully saturated rings. The lowest BCUT2D eigenvalue weighted by Gasteiger charge is -2.44. The lowest BCUT2D eigenvalue weighted by atomic mass is 9.84. The largest absolute Gasteiger partial charge is 0.464 e. The fraction of sp³-hybridized carbons (Fsp3) is 0.560. The first-order valence-corrected chi connectivity index (χ1v) is 23.3. The van der Waals surface area contributed by atoms with Crippen molar-refractivity contribution in [3.8, 4) is 22.4 Å². The van der Waals surface area contributed by atoms with Crippen LogP contribution in [0, 0.1) is 5.41 Å². The van der Waals surface area contributed by atoms with Crippen molar-refractivity contribution in [1.82, 2.24) is 30.2 Å². The van der Waals surface area contributed by atoms with E-state index < -0.39 is 47.5 Å². The molecule has 0 radical (unpaired) electrons. The van der Waals surface area contributed by atoms with E-state index in [4.69, 9.17) is 23.9 Å². The molecule has 6 heterocycles. The van der Waals surface area contributed by atoms with E-state index in [0.29, 0.717) is 49.1 Å². The zero-order valence-corrected chi connectivity index (χ0v) is 39.5. The Morgan fingerprint density at radius 1 is 1.06 bits per heavy atom. The maximum atomic E-state index is 14.9. The number of amides is 2. The number of anilines is 1. The van der Waals surface area contributed by atoms with Crippen LogP contribution in [0.15, 0.2) is 48.7 Å². The number of carbonyl (C=O) groups excluding carboxylic acids is 3. The molecular weight excluding hydrogens is 849 g/mol. The first kappa shape index (κ1) is 47.3. The maximum absolute atomic E-state index is 14.9. The van der Waals surface area contributed by atoms with Gasteiger partial charge in [-0.15, -0.1) is 0 Å². The van der Waals surface area contributed by atoms with Crippen LogP contribution in [0.5, 0.6) is 0 Å². The molecule has 0 saturated carbocycles. The normalized spacial score (nSPS) is 22.4. The van der Waals surface area contributed by atoms with Crippen LogP contribution in [0.2, 0.25) is 0 Å². The molecule has 4 aliphatic heterocycles. The molecule has 2 amide bonds. The quantitative estimate of drug-likeness (QED) is 0.177. The Balaban J connectivity index is 1.30. The predicted molar refractivity (Wildman–Crippen MR) is 248 cm³/mol. The van der Waals surface area contributed by atoms with E-state index in [-0.39, 0.29) is 37.3 Å². The van der Waals surface area contributed by atoms with Gasteiger partial charge < -0.3 is 33.7 Å². The minimum absolute atomic E-state index is 0.0753. The number of hydrogen-bond donors (Lipinski definition) is 2. The number of benzene rings is 2. The fourth-order valence-corrected chi connectivity index (χ4v) is 9.88. The number of ether oxygens (including phenoxy) is 4. The first-order chi connectivity index (χ1) is 31.4. The van der Waals surface area contributed by atoms with Crippen LogP contribution in [0.25, 0.3) is 33.3 Å². The number of esters is 1. The van der Waals surface area contributed by atoms with Crippen LogP contribution in [0.3, 0.4) is 0 Å². The molecule has 2 N–H and O–H groups in total. The average Bonchev–Trinajstić information content (AvgIpc) is 3.59. The van der Waals surface area contributed by atoms with Gasteiger partial charge in [-0.2, -0.15) is 0 Å². The second kappa shape index (κ2) is 19.2. The third-order valence-electron chi connectivity index (χ3n) is 13.2. The summed E-state index contributed by atoms with van der Waals surface area (Å²) in [5.41, 5.74) is 8.67. The number of aromatic nitrogens is 2. The van der Waals surface area contributed by atoms with Gasteiger partial charge in [-0.3, -0.25) is 24.5 Å². The maximum Gasteiger partial charge on any atom is 0.408 e. The summed E-state index contributed by atoms with van der Waals surface area (Å²) in [4.78, 5) is 51.5. The van der Waals surface area contributed by atoms with Gasteiger partial charge in [-0.1, -0.05) is 32.0 Å². The summed E-state index contributed by atoms with van der Waals surface area (Å²) in [5, 5.41) is 4.96. The molecule has 3 saturated heterocycles. The topological polar surface area (TPSA) is 140 Å². The van der Waals surface area contributed by atoms with Gasteiger partial charge in [-0.25, -0.2) is 19.0 Å². The van der Waals surface area contributed by atoms with Crippen LogP contribution in [-0.4, -0.2) is 121 Å². The van der Waals surface area contributed by atoms with Crippen LogP contribution >= 0.6 is 0 Å². The van der Waals surface area contributed by atoms with Crippen LogP contribution in [0.4, 0.5) is 19.3 Å². The van der Waals surface area contributed by atoms with E-state index in [2.05, 4.69) is 58.0 Å². The molecule has 0 unspecified atom stereocenters. The van der Waals surface area contributed by atoms with Crippen molar-refractivity contribution in [2.45, 2.75) is 117 Å². The summed E-state index contributed by atoms with van der Waals surface area (Å²) >= 11 is 0. The third-order valence-corrected chi connectivity index (χ3v) is 13.2. The number of pyridine rings is 1. The van der Waals surface area contributed by atoms with Gasteiger partial charge in [0.05, 0.1) is 55.2 Å². The number of morpholine rings is 1. The molecule has 66 heavy (non-hydrogen) atoms. The van der Waals surface area contributed by atoms with Crippen molar-refractivity contribution in [3.05, 3.63) is 71.0 Å². The highest BCUT2D eigenvalue weighted by molar-refractivity contribution is 5.96. The molecule has 356 valence electrons. The number of nitrogens with zero attached hydrogens (tertiary/aromatic N) is 5. The number of piperazine rings is 1. The molecule has 2 aromatic carbocycles. The lowest BCUT2D eigenvalue weighted by molar-refractivity contribution is -0.155. The summed E-state index contributed by atoms with van der Waals surface area (Å²) in [7, 11) is 1.68.